The molecule has 2 atom stereocenters. The van der Waals surface area contributed by atoms with Gasteiger partial charge in [-0.15, -0.1) is 11.3 Å². The number of thiophene rings is 1. The summed E-state index contributed by atoms with van der Waals surface area (Å²) in [5, 5.41) is 0. The van der Waals surface area contributed by atoms with Crippen molar-refractivity contribution >= 4 is 34.7 Å². The van der Waals surface area contributed by atoms with Crippen molar-refractivity contribution in [1.82, 2.24) is 5.43 Å². The molecule has 1 aromatic rings. The molecule has 0 radical (unpaired) electrons. The number of hydrogen-bond acceptors (Lipinski definition) is 5. The molecule has 20 heavy (non-hydrogen) atoms. The van der Waals surface area contributed by atoms with Gasteiger partial charge in [0.25, 0.3) is 0 Å². The molecule has 0 amide bonds. The first-order valence-electron chi connectivity index (χ1n) is 7.15. The van der Waals surface area contributed by atoms with E-state index in [0.29, 0.717) is 5.92 Å². The van der Waals surface area contributed by atoms with Gasteiger partial charge in [0.1, 0.15) is 0 Å². The Balaban J connectivity index is 1.74. The van der Waals surface area contributed by atoms with Gasteiger partial charge in [-0.3, -0.25) is 11.3 Å². The fraction of sp³-hybridized carbons (Fsp3) is 0.714. The van der Waals surface area contributed by atoms with Crippen LogP contribution in [0, 0.1) is 5.92 Å². The van der Waals surface area contributed by atoms with E-state index in [-0.39, 0.29) is 11.6 Å². The lowest BCUT2D eigenvalue weighted by Gasteiger charge is -2.45. The van der Waals surface area contributed by atoms with Gasteiger partial charge in [0.2, 0.25) is 0 Å². The monoisotopic (exact) mass is 332 g/mol. The van der Waals surface area contributed by atoms with Crippen LogP contribution >= 0.6 is 34.7 Å². The molecule has 3 N–H and O–H groups in total. The zero-order chi connectivity index (χ0) is 14.0. The molecule has 0 aliphatic carbocycles. The van der Waals surface area contributed by atoms with Gasteiger partial charge in [-0.05, 0) is 55.2 Å². The smallest absolute Gasteiger partial charge is 0.0931 e. The molecule has 3 heterocycles. The Kier molecular flexibility index (Phi) is 4.95. The van der Waals surface area contributed by atoms with E-state index in [1.807, 2.05) is 17.8 Å². The number of halogens is 1. The lowest BCUT2D eigenvalue weighted by Crippen LogP contribution is -2.46. The fourth-order valence-electron chi connectivity index (χ4n) is 3.39. The second-order valence-corrected chi connectivity index (χ2v) is 8.65. The average molecular weight is 333 g/mol. The Morgan fingerprint density at radius 3 is 2.85 bits per heavy atom. The van der Waals surface area contributed by atoms with Crippen LogP contribution in [0.2, 0.25) is 4.34 Å². The predicted molar refractivity (Wildman–Crippen MR) is 87.4 cm³/mol. The second kappa shape index (κ2) is 6.55. The third kappa shape index (κ3) is 3.18. The van der Waals surface area contributed by atoms with Crippen LogP contribution < -0.4 is 11.3 Å². The van der Waals surface area contributed by atoms with Crippen molar-refractivity contribution < 1.29 is 4.74 Å². The predicted octanol–water partition coefficient (Wildman–Crippen LogP) is 3.60. The average Bonchev–Trinajstić information content (AvgIpc) is 2.87. The van der Waals surface area contributed by atoms with Crippen molar-refractivity contribution in [2.24, 2.45) is 11.8 Å². The van der Waals surface area contributed by atoms with E-state index in [2.05, 4.69) is 11.5 Å². The van der Waals surface area contributed by atoms with E-state index in [1.165, 1.54) is 29.2 Å². The molecule has 0 bridgehead atoms. The van der Waals surface area contributed by atoms with E-state index in [4.69, 9.17) is 22.2 Å². The Labute approximate surface area is 133 Å². The van der Waals surface area contributed by atoms with Crippen LogP contribution in [-0.4, -0.2) is 23.7 Å². The quantitative estimate of drug-likeness (QED) is 0.656. The summed E-state index contributed by atoms with van der Waals surface area (Å²) in [4.78, 5) is 1.24. The molecule has 0 saturated carbocycles. The topological polar surface area (TPSA) is 47.3 Å². The third-order valence-electron chi connectivity index (χ3n) is 4.49. The molecular weight excluding hydrogens is 312 g/mol. The number of thioether (sulfide) groups is 1. The van der Waals surface area contributed by atoms with E-state index < -0.39 is 0 Å². The molecule has 2 unspecified atom stereocenters. The van der Waals surface area contributed by atoms with Gasteiger partial charge in [-0.2, -0.15) is 11.8 Å². The lowest BCUT2D eigenvalue weighted by molar-refractivity contribution is -0.107. The minimum absolute atomic E-state index is 0.102. The highest BCUT2D eigenvalue weighted by atomic mass is 35.5. The van der Waals surface area contributed by atoms with Crippen LogP contribution in [-0.2, 0) is 4.74 Å². The van der Waals surface area contributed by atoms with Gasteiger partial charge in [-0.25, -0.2) is 0 Å². The number of nitrogens with one attached hydrogen (secondary N) is 1. The van der Waals surface area contributed by atoms with Crippen LogP contribution in [0.5, 0.6) is 0 Å². The largest absolute Gasteiger partial charge is 0.375 e. The molecule has 0 aromatic carbocycles. The highest BCUT2D eigenvalue weighted by Crippen LogP contribution is 2.44. The van der Waals surface area contributed by atoms with Gasteiger partial charge in [-0.1, -0.05) is 11.6 Å². The molecule has 1 spiro atoms. The van der Waals surface area contributed by atoms with Crippen LogP contribution in [0.15, 0.2) is 12.1 Å². The zero-order valence-electron chi connectivity index (χ0n) is 11.4. The van der Waals surface area contributed by atoms with Crippen LogP contribution in [0.25, 0.3) is 0 Å². The summed E-state index contributed by atoms with van der Waals surface area (Å²) >= 11 is 9.73. The lowest BCUT2D eigenvalue weighted by atomic mass is 9.78. The van der Waals surface area contributed by atoms with Crippen molar-refractivity contribution in [3.63, 3.8) is 0 Å². The van der Waals surface area contributed by atoms with Crippen LogP contribution in [0.1, 0.15) is 36.6 Å². The van der Waals surface area contributed by atoms with Crippen molar-refractivity contribution in [2.45, 2.75) is 37.3 Å². The Hall–Kier alpha value is 0.220. The summed E-state index contributed by atoms with van der Waals surface area (Å²) in [6.45, 7) is 0.854. The maximum absolute atomic E-state index is 6.17. The van der Waals surface area contributed by atoms with Crippen molar-refractivity contribution in [3.05, 3.63) is 21.3 Å². The Morgan fingerprint density at radius 1 is 1.40 bits per heavy atom. The van der Waals surface area contributed by atoms with Crippen LogP contribution in [0.3, 0.4) is 0 Å². The molecule has 2 saturated heterocycles. The number of hydrogen-bond donors (Lipinski definition) is 2. The van der Waals surface area contributed by atoms with Crippen molar-refractivity contribution in [3.8, 4) is 0 Å². The third-order valence-corrected chi connectivity index (χ3v) is 6.79. The zero-order valence-corrected chi connectivity index (χ0v) is 13.8. The molecule has 2 fully saturated rings. The maximum Gasteiger partial charge on any atom is 0.0931 e. The maximum atomic E-state index is 6.17. The SMILES string of the molecule is NNC(c1ccc(Cl)s1)C1CCOC2(CCSCC2)C1. The van der Waals surface area contributed by atoms with Crippen molar-refractivity contribution in [1.29, 1.82) is 0 Å². The van der Waals surface area contributed by atoms with Gasteiger partial charge >= 0.3 is 0 Å². The van der Waals surface area contributed by atoms with Gasteiger partial charge < -0.3 is 4.74 Å². The summed E-state index contributed by atoms with van der Waals surface area (Å²) in [6, 6.07) is 4.25. The highest BCUT2D eigenvalue weighted by Gasteiger charge is 2.41. The summed E-state index contributed by atoms with van der Waals surface area (Å²) in [7, 11) is 0. The van der Waals surface area contributed by atoms with Crippen LogP contribution in [0.4, 0.5) is 0 Å². The summed E-state index contributed by atoms with van der Waals surface area (Å²) in [6.07, 6.45) is 4.53. The van der Waals surface area contributed by atoms with E-state index in [9.17, 15) is 0 Å². The first kappa shape index (κ1) is 15.1. The van der Waals surface area contributed by atoms with Gasteiger partial charge in [0, 0.05) is 11.5 Å². The molecular formula is C14H21ClN2OS2. The highest BCUT2D eigenvalue weighted by molar-refractivity contribution is 7.99. The molecule has 6 heteroatoms. The number of nitrogens with two attached hydrogens (primary N) is 1. The Bertz CT molecular complexity index is 443. The summed E-state index contributed by atoms with van der Waals surface area (Å²) in [5.74, 6) is 8.81. The van der Waals surface area contributed by atoms with E-state index >= 15 is 0 Å². The molecule has 3 nitrogen and oxygen atoms in total. The molecule has 2 aliphatic heterocycles. The molecule has 1 aromatic heterocycles. The van der Waals surface area contributed by atoms with E-state index in [1.54, 1.807) is 11.3 Å². The first-order valence-corrected chi connectivity index (χ1v) is 9.50. The minimum Gasteiger partial charge on any atom is -0.375 e. The standard InChI is InChI=1S/C14H21ClN2OS2/c15-12-2-1-11(20-12)13(17-16)10-3-6-18-14(9-10)4-7-19-8-5-14/h1-2,10,13,17H,3-9,16H2. The number of ether oxygens (including phenoxy) is 1. The summed E-state index contributed by atoms with van der Waals surface area (Å²) in [5.41, 5.74) is 3.12. The molecule has 2 aliphatic rings. The van der Waals surface area contributed by atoms with Gasteiger partial charge in [0.15, 0.2) is 0 Å². The normalized spacial score (nSPS) is 27.6. The number of rotatable bonds is 3. The van der Waals surface area contributed by atoms with E-state index in [0.717, 1.165) is 23.8 Å². The second-order valence-electron chi connectivity index (χ2n) is 5.68. The number of hydrazine groups is 1. The summed E-state index contributed by atoms with van der Waals surface area (Å²) < 4.78 is 7.00. The van der Waals surface area contributed by atoms with Gasteiger partial charge in [0.05, 0.1) is 16.0 Å². The minimum atomic E-state index is 0.102. The molecule has 112 valence electrons. The fourth-order valence-corrected chi connectivity index (χ4v) is 5.84. The van der Waals surface area contributed by atoms with Crippen molar-refractivity contribution in [2.75, 3.05) is 18.1 Å². The first-order chi connectivity index (χ1) is 9.72. The Morgan fingerprint density at radius 2 is 2.20 bits per heavy atom. The molecule has 3 rings (SSSR count).